The maximum Gasteiger partial charge on any atom is 0.115 e. The fourth-order valence-electron chi connectivity index (χ4n) is 4.55. The molecule has 1 aromatic carbocycles. The summed E-state index contributed by atoms with van der Waals surface area (Å²) in [6, 6.07) is 6.74. The summed E-state index contributed by atoms with van der Waals surface area (Å²) in [4.78, 5) is 2.76. The molecule has 1 unspecified atom stereocenters. The topological polar surface area (TPSA) is 23.5 Å². The molecule has 3 aliphatic rings. The van der Waals surface area contributed by atoms with Crippen molar-refractivity contribution in [1.82, 2.24) is 4.90 Å². The summed E-state index contributed by atoms with van der Waals surface area (Å²) in [7, 11) is 0. The summed E-state index contributed by atoms with van der Waals surface area (Å²) < 4.78 is 0. The smallest absolute Gasteiger partial charge is 0.115 e. The summed E-state index contributed by atoms with van der Waals surface area (Å²) in [6.07, 6.45) is 5.28. The van der Waals surface area contributed by atoms with Crippen molar-refractivity contribution in [3.8, 4) is 5.75 Å². The van der Waals surface area contributed by atoms with Gasteiger partial charge in [-0.05, 0) is 72.7 Å². The molecule has 20 heavy (non-hydrogen) atoms. The Kier molecular flexibility index (Phi) is 2.69. The highest BCUT2D eigenvalue weighted by atomic mass is 16.3. The molecule has 1 aromatic rings. The highest BCUT2D eigenvalue weighted by Crippen LogP contribution is 2.49. The third-order valence-electron chi connectivity index (χ3n) is 6.30. The zero-order valence-corrected chi connectivity index (χ0v) is 12.6. The molecule has 2 bridgehead atoms. The molecule has 1 N–H and O–H groups in total. The molecule has 2 nitrogen and oxygen atoms in total. The van der Waals surface area contributed by atoms with Gasteiger partial charge in [-0.2, -0.15) is 0 Å². The van der Waals surface area contributed by atoms with Crippen molar-refractivity contribution >= 4 is 0 Å². The molecule has 2 heteroatoms. The second kappa shape index (κ2) is 4.24. The van der Waals surface area contributed by atoms with E-state index in [1.54, 1.807) is 0 Å². The molecule has 3 atom stereocenters. The first kappa shape index (κ1) is 12.7. The molecule has 4 rings (SSSR count). The predicted octanol–water partition coefficient (Wildman–Crippen LogP) is 3.33. The van der Waals surface area contributed by atoms with Crippen LogP contribution in [0.2, 0.25) is 0 Å². The van der Waals surface area contributed by atoms with Crippen molar-refractivity contribution in [3.63, 3.8) is 0 Å². The summed E-state index contributed by atoms with van der Waals surface area (Å²) in [5.41, 5.74) is 3.12. The van der Waals surface area contributed by atoms with E-state index in [0.717, 1.165) is 5.92 Å². The molecular weight excluding hydrogens is 246 g/mol. The van der Waals surface area contributed by atoms with Gasteiger partial charge < -0.3 is 5.11 Å². The Morgan fingerprint density at radius 3 is 2.90 bits per heavy atom. The van der Waals surface area contributed by atoms with E-state index in [9.17, 15) is 5.11 Å². The number of phenolic OH excluding ortho intramolecular Hbond substituents is 1. The highest BCUT2D eigenvalue weighted by molar-refractivity contribution is 5.44. The minimum atomic E-state index is 0.247. The quantitative estimate of drug-likeness (QED) is 0.892. The molecule has 0 amide bonds. The van der Waals surface area contributed by atoms with Gasteiger partial charge in [0.25, 0.3) is 0 Å². The number of rotatable bonds is 2. The minimum absolute atomic E-state index is 0.247. The highest BCUT2D eigenvalue weighted by Gasteiger charge is 2.48. The van der Waals surface area contributed by atoms with Gasteiger partial charge in [0.2, 0.25) is 0 Å². The fraction of sp³-hybridized carbons (Fsp3) is 0.667. The van der Waals surface area contributed by atoms with Gasteiger partial charge in [0.05, 0.1) is 0 Å². The van der Waals surface area contributed by atoms with Crippen LogP contribution < -0.4 is 0 Å². The third kappa shape index (κ3) is 1.81. The third-order valence-corrected chi connectivity index (χ3v) is 6.30. The molecular formula is C18H25NO. The SMILES string of the molecule is CC1[C@H]2Cc3ccc(O)cc3[C@@]1(C)CCN2CC1CC1. The van der Waals surface area contributed by atoms with Gasteiger partial charge in [-0.1, -0.05) is 19.9 Å². The fourth-order valence-corrected chi connectivity index (χ4v) is 4.55. The van der Waals surface area contributed by atoms with Crippen LogP contribution in [0.25, 0.3) is 0 Å². The molecule has 1 heterocycles. The summed E-state index contributed by atoms with van der Waals surface area (Å²) in [5, 5.41) is 9.85. The van der Waals surface area contributed by atoms with E-state index in [0.29, 0.717) is 17.7 Å². The lowest BCUT2D eigenvalue weighted by atomic mass is 9.59. The lowest BCUT2D eigenvalue weighted by Gasteiger charge is -2.54. The van der Waals surface area contributed by atoms with E-state index in [2.05, 4.69) is 24.8 Å². The van der Waals surface area contributed by atoms with Crippen LogP contribution in [-0.2, 0) is 11.8 Å². The first-order valence-corrected chi connectivity index (χ1v) is 8.14. The number of aromatic hydroxyl groups is 1. The van der Waals surface area contributed by atoms with E-state index >= 15 is 0 Å². The average Bonchev–Trinajstić information content (AvgIpc) is 3.22. The number of hydrogen-bond acceptors (Lipinski definition) is 2. The maximum atomic E-state index is 9.85. The molecule has 0 spiro atoms. The first-order valence-electron chi connectivity index (χ1n) is 8.14. The number of fused-ring (bicyclic) bond motifs is 4. The Bertz CT molecular complexity index is 536. The molecule has 0 aromatic heterocycles. The Balaban J connectivity index is 1.71. The normalized spacial score (nSPS) is 36.7. The van der Waals surface area contributed by atoms with Crippen LogP contribution in [0.3, 0.4) is 0 Å². The second-order valence-corrected chi connectivity index (χ2v) is 7.51. The second-order valence-electron chi connectivity index (χ2n) is 7.51. The van der Waals surface area contributed by atoms with E-state index in [4.69, 9.17) is 0 Å². The van der Waals surface area contributed by atoms with Crippen LogP contribution in [0.1, 0.15) is 44.2 Å². The van der Waals surface area contributed by atoms with Crippen molar-refractivity contribution in [1.29, 1.82) is 0 Å². The van der Waals surface area contributed by atoms with Crippen LogP contribution in [0.15, 0.2) is 18.2 Å². The van der Waals surface area contributed by atoms with Gasteiger partial charge in [-0.15, -0.1) is 0 Å². The Morgan fingerprint density at radius 1 is 1.35 bits per heavy atom. The molecule has 0 radical (unpaired) electrons. The van der Waals surface area contributed by atoms with Gasteiger partial charge >= 0.3 is 0 Å². The van der Waals surface area contributed by atoms with Crippen molar-refractivity contribution in [2.24, 2.45) is 11.8 Å². The Hall–Kier alpha value is -1.02. The maximum absolute atomic E-state index is 9.85. The van der Waals surface area contributed by atoms with Crippen molar-refractivity contribution < 1.29 is 5.11 Å². The number of piperidine rings is 1. The largest absolute Gasteiger partial charge is 0.508 e. The lowest BCUT2D eigenvalue weighted by molar-refractivity contribution is 0.0283. The number of nitrogens with zero attached hydrogens (tertiary/aromatic N) is 1. The number of likely N-dealkylation sites (tertiary alicyclic amines) is 1. The summed E-state index contributed by atoms with van der Waals surface area (Å²) in [6.45, 7) is 7.39. The molecule has 2 fully saturated rings. The lowest BCUT2D eigenvalue weighted by Crippen LogP contribution is -2.58. The van der Waals surface area contributed by atoms with Crippen LogP contribution in [0.4, 0.5) is 0 Å². The van der Waals surface area contributed by atoms with Gasteiger partial charge in [-0.3, -0.25) is 4.90 Å². The van der Waals surface area contributed by atoms with Gasteiger partial charge in [-0.25, -0.2) is 0 Å². The van der Waals surface area contributed by atoms with Gasteiger partial charge in [0.1, 0.15) is 5.75 Å². The standard InChI is InChI=1S/C18H25NO/c1-12-17-9-14-5-6-15(20)10-16(14)18(12,2)7-8-19(17)11-13-3-4-13/h5-6,10,12-13,17,20H,3-4,7-9,11H2,1-2H3/t12?,17-,18+/m1/s1. The zero-order valence-electron chi connectivity index (χ0n) is 12.6. The van der Waals surface area contributed by atoms with Crippen LogP contribution in [0, 0.1) is 11.8 Å². The van der Waals surface area contributed by atoms with E-state index in [-0.39, 0.29) is 5.41 Å². The van der Waals surface area contributed by atoms with E-state index < -0.39 is 0 Å². The van der Waals surface area contributed by atoms with Crippen molar-refractivity contribution in [2.45, 2.75) is 51.0 Å². The Morgan fingerprint density at radius 2 is 2.15 bits per heavy atom. The van der Waals surface area contributed by atoms with Crippen LogP contribution >= 0.6 is 0 Å². The van der Waals surface area contributed by atoms with Gasteiger partial charge in [0, 0.05) is 12.6 Å². The average molecular weight is 271 g/mol. The van der Waals surface area contributed by atoms with Crippen LogP contribution in [0.5, 0.6) is 5.75 Å². The first-order chi connectivity index (χ1) is 9.58. The molecule has 1 aliphatic heterocycles. The minimum Gasteiger partial charge on any atom is -0.508 e. The number of hydrogen-bond donors (Lipinski definition) is 1. The Labute approximate surface area is 121 Å². The van der Waals surface area contributed by atoms with Crippen LogP contribution in [-0.4, -0.2) is 29.1 Å². The summed E-state index contributed by atoms with van der Waals surface area (Å²) in [5.74, 6) is 2.09. The molecule has 2 aliphatic carbocycles. The molecule has 108 valence electrons. The molecule has 1 saturated carbocycles. The van der Waals surface area contributed by atoms with E-state index in [1.165, 1.54) is 49.9 Å². The van der Waals surface area contributed by atoms with E-state index in [1.807, 2.05) is 12.1 Å². The summed E-state index contributed by atoms with van der Waals surface area (Å²) >= 11 is 0. The van der Waals surface area contributed by atoms with Crippen molar-refractivity contribution in [2.75, 3.05) is 13.1 Å². The predicted molar refractivity (Wildman–Crippen MR) is 81.0 cm³/mol. The monoisotopic (exact) mass is 271 g/mol. The molecule has 1 saturated heterocycles. The van der Waals surface area contributed by atoms with Crippen molar-refractivity contribution in [3.05, 3.63) is 29.3 Å². The van der Waals surface area contributed by atoms with Gasteiger partial charge in [0.15, 0.2) is 0 Å². The number of phenols is 1. The zero-order chi connectivity index (χ0) is 13.9. The number of benzene rings is 1.